The van der Waals surface area contributed by atoms with E-state index in [9.17, 15) is 0 Å². The molecule has 0 fully saturated rings. The van der Waals surface area contributed by atoms with Gasteiger partial charge >= 0.3 is 0 Å². The Balaban J connectivity index is 2.26. The molecule has 0 saturated carbocycles. The Labute approximate surface area is 130 Å². The van der Waals surface area contributed by atoms with Crippen molar-refractivity contribution in [1.82, 2.24) is 5.32 Å². The molecule has 1 unspecified atom stereocenters. The van der Waals surface area contributed by atoms with Crippen LogP contribution >= 0.6 is 15.9 Å². The molecule has 1 atom stereocenters. The van der Waals surface area contributed by atoms with Crippen LogP contribution in [-0.2, 0) is 6.42 Å². The number of benzene rings is 2. The van der Waals surface area contributed by atoms with Gasteiger partial charge in [0, 0.05) is 10.5 Å². The smallest absolute Gasteiger partial charge is 0.0360 e. The Morgan fingerprint density at radius 1 is 1.05 bits per heavy atom. The second-order valence-electron chi connectivity index (χ2n) is 5.37. The van der Waals surface area contributed by atoms with Gasteiger partial charge in [-0.3, -0.25) is 0 Å². The summed E-state index contributed by atoms with van der Waals surface area (Å²) >= 11 is 3.55. The normalized spacial score (nSPS) is 12.4. The summed E-state index contributed by atoms with van der Waals surface area (Å²) in [6, 6.07) is 15.7. The van der Waals surface area contributed by atoms with Crippen molar-refractivity contribution in [2.45, 2.75) is 33.2 Å². The fourth-order valence-corrected chi connectivity index (χ4v) is 3.11. The van der Waals surface area contributed by atoms with Crippen molar-refractivity contribution in [3.8, 4) is 0 Å². The highest BCUT2D eigenvalue weighted by Crippen LogP contribution is 2.22. The second kappa shape index (κ2) is 7.05. The molecule has 2 aromatic rings. The molecule has 2 rings (SSSR count). The van der Waals surface area contributed by atoms with Crippen LogP contribution in [0, 0.1) is 13.8 Å². The Kier molecular flexibility index (Phi) is 5.38. The highest BCUT2D eigenvalue weighted by atomic mass is 79.9. The largest absolute Gasteiger partial charge is 0.310 e. The molecule has 106 valence electrons. The summed E-state index contributed by atoms with van der Waals surface area (Å²) in [6.45, 7) is 7.47. The molecule has 2 aromatic carbocycles. The molecule has 0 amide bonds. The van der Waals surface area contributed by atoms with Crippen LogP contribution in [0.5, 0.6) is 0 Å². The van der Waals surface area contributed by atoms with Gasteiger partial charge in [-0.1, -0.05) is 64.3 Å². The van der Waals surface area contributed by atoms with E-state index in [2.05, 4.69) is 84.5 Å². The van der Waals surface area contributed by atoms with Gasteiger partial charge in [0.2, 0.25) is 0 Å². The number of halogens is 1. The van der Waals surface area contributed by atoms with Crippen molar-refractivity contribution in [2.75, 3.05) is 6.54 Å². The van der Waals surface area contributed by atoms with Gasteiger partial charge < -0.3 is 5.32 Å². The molecule has 0 aromatic heterocycles. The number of rotatable bonds is 5. The molecule has 0 saturated heterocycles. The zero-order valence-corrected chi connectivity index (χ0v) is 14.0. The van der Waals surface area contributed by atoms with Crippen molar-refractivity contribution in [3.05, 3.63) is 69.2 Å². The van der Waals surface area contributed by atoms with Crippen molar-refractivity contribution in [3.63, 3.8) is 0 Å². The summed E-state index contributed by atoms with van der Waals surface area (Å²) < 4.78 is 1.14. The number of likely N-dealkylation sites (N-methyl/N-ethyl adjacent to an activating group) is 1. The number of hydrogen-bond acceptors (Lipinski definition) is 1. The Morgan fingerprint density at radius 3 is 2.35 bits per heavy atom. The van der Waals surface area contributed by atoms with E-state index < -0.39 is 0 Å². The minimum atomic E-state index is 0.368. The standard InChI is InChI=1S/C18H22BrN/c1-4-20-18(12-15-6-5-7-17(19)11-15)16-9-13(2)8-14(3)10-16/h5-11,18,20H,4,12H2,1-3H3. The van der Waals surface area contributed by atoms with Gasteiger partial charge in [0.15, 0.2) is 0 Å². The molecule has 20 heavy (non-hydrogen) atoms. The molecule has 0 heterocycles. The van der Waals surface area contributed by atoms with Crippen LogP contribution in [0.3, 0.4) is 0 Å². The van der Waals surface area contributed by atoms with Gasteiger partial charge in [0.05, 0.1) is 0 Å². The zero-order valence-electron chi connectivity index (χ0n) is 12.4. The maximum atomic E-state index is 3.61. The van der Waals surface area contributed by atoms with Crippen molar-refractivity contribution >= 4 is 15.9 Å². The highest BCUT2D eigenvalue weighted by Gasteiger charge is 2.12. The molecule has 0 aliphatic rings. The lowest BCUT2D eigenvalue weighted by atomic mass is 9.96. The van der Waals surface area contributed by atoms with Gasteiger partial charge in [-0.15, -0.1) is 0 Å². The van der Waals surface area contributed by atoms with Gasteiger partial charge in [-0.2, -0.15) is 0 Å². The van der Waals surface area contributed by atoms with Gasteiger partial charge in [-0.25, -0.2) is 0 Å². The third kappa shape index (κ3) is 4.19. The maximum absolute atomic E-state index is 3.61. The molecule has 1 N–H and O–H groups in total. The van der Waals surface area contributed by atoms with E-state index in [1.807, 2.05) is 0 Å². The molecule has 0 aliphatic carbocycles. The van der Waals surface area contributed by atoms with E-state index >= 15 is 0 Å². The van der Waals surface area contributed by atoms with E-state index in [1.54, 1.807) is 0 Å². The SMILES string of the molecule is CCNC(Cc1cccc(Br)c1)c1cc(C)cc(C)c1. The minimum Gasteiger partial charge on any atom is -0.310 e. The summed E-state index contributed by atoms with van der Waals surface area (Å²) in [7, 11) is 0. The first-order chi connectivity index (χ1) is 9.58. The third-order valence-electron chi connectivity index (χ3n) is 3.43. The van der Waals surface area contributed by atoms with Crippen LogP contribution in [0.2, 0.25) is 0 Å². The summed E-state index contributed by atoms with van der Waals surface area (Å²) in [6.07, 6.45) is 1.01. The monoisotopic (exact) mass is 331 g/mol. The molecule has 0 spiro atoms. The average molecular weight is 332 g/mol. The summed E-state index contributed by atoms with van der Waals surface area (Å²) in [4.78, 5) is 0. The maximum Gasteiger partial charge on any atom is 0.0360 e. The van der Waals surface area contributed by atoms with Gasteiger partial charge in [0.25, 0.3) is 0 Å². The Hall–Kier alpha value is -1.12. The van der Waals surface area contributed by atoms with Crippen LogP contribution in [0.15, 0.2) is 46.9 Å². The van der Waals surface area contributed by atoms with E-state index in [0.717, 1.165) is 17.4 Å². The second-order valence-corrected chi connectivity index (χ2v) is 6.28. The van der Waals surface area contributed by atoms with Gasteiger partial charge in [-0.05, 0) is 50.1 Å². The summed E-state index contributed by atoms with van der Waals surface area (Å²) in [5, 5.41) is 3.61. The highest BCUT2D eigenvalue weighted by molar-refractivity contribution is 9.10. The van der Waals surface area contributed by atoms with Crippen LogP contribution in [-0.4, -0.2) is 6.54 Å². The third-order valence-corrected chi connectivity index (χ3v) is 3.92. The Bertz CT molecular complexity index is 557. The summed E-state index contributed by atoms with van der Waals surface area (Å²) in [5.74, 6) is 0. The number of aryl methyl sites for hydroxylation is 2. The Morgan fingerprint density at radius 2 is 1.75 bits per heavy atom. The van der Waals surface area contributed by atoms with Crippen molar-refractivity contribution < 1.29 is 0 Å². The molecular weight excluding hydrogens is 310 g/mol. The molecule has 0 aliphatic heterocycles. The fraction of sp³-hybridized carbons (Fsp3) is 0.333. The predicted octanol–water partition coefficient (Wildman–Crippen LogP) is 4.96. The molecule has 1 nitrogen and oxygen atoms in total. The van der Waals surface area contributed by atoms with Crippen molar-refractivity contribution in [1.29, 1.82) is 0 Å². The van der Waals surface area contributed by atoms with Gasteiger partial charge in [0.1, 0.15) is 0 Å². The first-order valence-corrected chi connectivity index (χ1v) is 7.94. The average Bonchev–Trinajstić information content (AvgIpc) is 2.37. The van der Waals surface area contributed by atoms with E-state index in [-0.39, 0.29) is 0 Å². The van der Waals surface area contributed by atoms with Crippen LogP contribution in [0.1, 0.15) is 35.2 Å². The summed E-state index contributed by atoms with van der Waals surface area (Å²) in [5.41, 5.74) is 5.39. The fourth-order valence-electron chi connectivity index (χ4n) is 2.66. The first-order valence-electron chi connectivity index (χ1n) is 7.14. The van der Waals surface area contributed by atoms with Crippen LogP contribution < -0.4 is 5.32 Å². The molecule has 2 heteroatoms. The quantitative estimate of drug-likeness (QED) is 0.816. The minimum absolute atomic E-state index is 0.368. The van der Waals surface area contributed by atoms with Crippen LogP contribution in [0.4, 0.5) is 0 Å². The lowest BCUT2D eigenvalue weighted by Gasteiger charge is -2.20. The van der Waals surface area contributed by atoms with E-state index in [1.165, 1.54) is 22.3 Å². The first kappa shape index (κ1) is 15.3. The topological polar surface area (TPSA) is 12.0 Å². The van der Waals surface area contributed by atoms with Crippen LogP contribution in [0.25, 0.3) is 0 Å². The van der Waals surface area contributed by atoms with E-state index in [4.69, 9.17) is 0 Å². The molecule has 0 radical (unpaired) electrons. The number of hydrogen-bond donors (Lipinski definition) is 1. The molecular formula is C18H22BrN. The zero-order chi connectivity index (χ0) is 14.5. The lowest BCUT2D eigenvalue weighted by molar-refractivity contribution is 0.549. The lowest BCUT2D eigenvalue weighted by Crippen LogP contribution is -2.23. The molecule has 0 bridgehead atoms. The van der Waals surface area contributed by atoms with Crippen molar-refractivity contribution in [2.24, 2.45) is 0 Å². The van der Waals surface area contributed by atoms with E-state index in [0.29, 0.717) is 6.04 Å². The number of nitrogens with one attached hydrogen (secondary N) is 1. The predicted molar refractivity (Wildman–Crippen MR) is 90.2 cm³/mol.